The molecule has 0 bridgehead atoms. The molecule has 0 aliphatic rings. The Kier molecular flexibility index (Phi) is 3.64. The van der Waals surface area contributed by atoms with Gasteiger partial charge in [-0.25, -0.2) is 8.78 Å². The van der Waals surface area contributed by atoms with E-state index in [2.05, 4.69) is 5.16 Å². The third kappa shape index (κ3) is 3.08. The van der Waals surface area contributed by atoms with Crippen molar-refractivity contribution in [1.29, 1.82) is 0 Å². The molecule has 0 unspecified atom stereocenters. The highest BCUT2D eigenvalue weighted by Gasteiger charge is 2.06. The first kappa shape index (κ1) is 13.3. The molecule has 3 rings (SSSR count). The van der Waals surface area contributed by atoms with Gasteiger partial charge in [-0.15, -0.1) is 0 Å². The number of ether oxygens (including phenoxy) is 1. The molecule has 1 aromatic heterocycles. The first-order valence-corrected chi connectivity index (χ1v) is 6.30. The number of nitrogens with zero attached hydrogens (tertiary/aromatic N) is 1. The van der Waals surface area contributed by atoms with Crippen LogP contribution >= 0.6 is 0 Å². The number of benzene rings is 2. The van der Waals surface area contributed by atoms with E-state index in [1.54, 1.807) is 18.2 Å². The maximum Gasteiger partial charge on any atom is 0.130 e. The molecule has 3 aromatic rings. The molecule has 0 spiro atoms. The van der Waals surface area contributed by atoms with Gasteiger partial charge in [0.15, 0.2) is 0 Å². The summed E-state index contributed by atoms with van der Waals surface area (Å²) in [5.74, 6) is -0.419. The van der Waals surface area contributed by atoms with E-state index in [1.165, 1.54) is 6.26 Å². The predicted molar refractivity (Wildman–Crippen MR) is 72.6 cm³/mol. The molecule has 2 aromatic carbocycles. The second-order valence-electron chi connectivity index (χ2n) is 4.43. The van der Waals surface area contributed by atoms with Gasteiger partial charge in [0.2, 0.25) is 0 Å². The van der Waals surface area contributed by atoms with Gasteiger partial charge in [-0.05, 0) is 42.5 Å². The van der Waals surface area contributed by atoms with Crippen LogP contribution in [0, 0.1) is 11.6 Å². The third-order valence-electron chi connectivity index (χ3n) is 2.99. The molecule has 5 heteroatoms. The van der Waals surface area contributed by atoms with Crippen molar-refractivity contribution in [3.63, 3.8) is 0 Å². The normalized spacial score (nSPS) is 10.6. The summed E-state index contributed by atoms with van der Waals surface area (Å²) in [5, 5.41) is 3.82. The molecule has 0 amide bonds. The fraction of sp³-hybridized carbons (Fsp3) is 0.0625. The molecule has 0 radical (unpaired) electrons. The Balaban J connectivity index is 1.70. The Morgan fingerprint density at radius 3 is 2.52 bits per heavy atom. The van der Waals surface area contributed by atoms with Crippen LogP contribution < -0.4 is 4.74 Å². The van der Waals surface area contributed by atoms with Gasteiger partial charge < -0.3 is 9.26 Å². The monoisotopic (exact) mass is 287 g/mol. The van der Waals surface area contributed by atoms with Crippen molar-refractivity contribution in [3.05, 3.63) is 72.0 Å². The van der Waals surface area contributed by atoms with Crippen molar-refractivity contribution in [2.45, 2.75) is 6.61 Å². The van der Waals surface area contributed by atoms with Crippen molar-refractivity contribution in [1.82, 2.24) is 5.16 Å². The molecule has 1 heterocycles. The molecule has 3 nitrogen and oxygen atoms in total. The lowest BCUT2D eigenvalue weighted by Gasteiger charge is -2.07. The van der Waals surface area contributed by atoms with Crippen molar-refractivity contribution in [2.24, 2.45) is 0 Å². The Bertz CT molecular complexity index is 725. The maximum absolute atomic E-state index is 13.5. The molecule has 0 fully saturated rings. The number of hydrogen-bond acceptors (Lipinski definition) is 3. The average molecular weight is 287 g/mol. The summed E-state index contributed by atoms with van der Waals surface area (Å²) in [4.78, 5) is 0. The van der Waals surface area contributed by atoms with Gasteiger partial charge in [0, 0.05) is 17.2 Å². The summed E-state index contributed by atoms with van der Waals surface area (Å²) < 4.78 is 36.7. The summed E-state index contributed by atoms with van der Waals surface area (Å²) in [7, 11) is 0. The van der Waals surface area contributed by atoms with Gasteiger partial charge in [-0.3, -0.25) is 0 Å². The molecule has 0 saturated carbocycles. The van der Waals surface area contributed by atoms with Crippen LogP contribution in [0.25, 0.3) is 11.3 Å². The van der Waals surface area contributed by atoms with Crippen LogP contribution in [0.5, 0.6) is 5.75 Å². The van der Waals surface area contributed by atoms with E-state index < -0.39 is 11.6 Å². The minimum absolute atomic E-state index is 0.0348. The zero-order valence-electron chi connectivity index (χ0n) is 10.9. The summed E-state index contributed by atoms with van der Waals surface area (Å²) in [6.07, 6.45) is 1.49. The molecule has 21 heavy (non-hydrogen) atoms. The number of halogens is 2. The molecule has 0 atom stereocenters. The van der Waals surface area contributed by atoms with Crippen LogP contribution in [0.2, 0.25) is 0 Å². The first-order valence-electron chi connectivity index (χ1n) is 6.30. The molecular weight excluding hydrogens is 276 g/mol. The Labute approximate surface area is 119 Å². The molecule has 0 saturated heterocycles. The third-order valence-corrected chi connectivity index (χ3v) is 2.99. The van der Waals surface area contributed by atoms with E-state index in [-0.39, 0.29) is 12.2 Å². The van der Waals surface area contributed by atoms with Crippen molar-refractivity contribution < 1.29 is 18.0 Å². The maximum atomic E-state index is 13.5. The molecule has 0 N–H and O–H groups in total. The molecule has 0 aliphatic heterocycles. The van der Waals surface area contributed by atoms with Gasteiger partial charge in [0.05, 0.1) is 0 Å². The summed E-state index contributed by atoms with van der Waals surface area (Å²) in [6.45, 7) is -0.0348. The standard InChI is InChI=1S/C16H11F2NO2/c17-13-3-6-15(18)12(9-13)10-20-14-4-1-11(2-5-14)16-7-8-21-19-16/h1-9H,10H2. The van der Waals surface area contributed by atoms with Gasteiger partial charge in [0.25, 0.3) is 0 Å². The number of rotatable bonds is 4. The fourth-order valence-electron chi connectivity index (χ4n) is 1.90. The zero-order chi connectivity index (χ0) is 14.7. The number of aromatic nitrogens is 1. The van der Waals surface area contributed by atoms with E-state index in [0.29, 0.717) is 5.75 Å². The molecular formula is C16H11F2NO2. The van der Waals surface area contributed by atoms with E-state index >= 15 is 0 Å². The largest absolute Gasteiger partial charge is 0.489 e. The van der Waals surface area contributed by atoms with Gasteiger partial charge >= 0.3 is 0 Å². The van der Waals surface area contributed by atoms with Crippen molar-refractivity contribution in [2.75, 3.05) is 0 Å². The molecule has 0 aliphatic carbocycles. The Hall–Kier alpha value is -2.69. The lowest BCUT2D eigenvalue weighted by atomic mass is 10.1. The smallest absolute Gasteiger partial charge is 0.130 e. The minimum Gasteiger partial charge on any atom is -0.489 e. The van der Waals surface area contributed by atoms with E-state index in [4.69, 9.17) is 9.26 Å². The minimum atomic E-state index is -0.490. The van der Waals surface area contributed by atoms with Crippen LogP contribution in [0.4, 0.5) is 8.78 Å². The topological polar surface area (TPSA) is 35.3 Å². The lowest BCUT2D eigenvalue weighted by Crippen LogP contribution is -1.99. The SMILES string of the molecule is Fc1ccc(F)c(COc2ccc(-c3ccon3)cc2)c1. The zero-order valence-corrected chi connectivity index (χ0v) is 10.9. The summed E-state index contributed by atoms with van der Waals surface area (Å²) in [6, 6.07) is 12.1. The Morgan fingerprint density at radius 2 is 1.81 bits per heavy atom. The van der Waals surface area contributed by atoms with E-state index in [1.807, 2.05) is 12.1 Å². The highest BCUT2D eigenvalue weighted by atomic mass is 19.1. The van der Waals surface area contributed by atoms with Crippen LogP contribution in [0.15, 0.2) is 59.3 Å². The highest BCUT2D eigenvalue weighted by molar-refractivity contribution is 5.59. The second-order valence-corrected chi connectivity index (χ2v) is 4.43. The van der Waals surface area contributed by atoms with Gasteiger partial charge in [-0.2, -0.15) is 0 Å². The predicted octanol–water partition coefficient (Wildman–Crippen LogP) is 4.20. The fourth-order valence-corrected chi connectivity index (χ4v) is 1.90. The van der Waals surface area contributed by atoms with E-state index in [0.717, 1.165) is 29.5 Å². The van der Waals surface area contributed by atoms with E-state index in [9.17, 15) is 8.78 Å². The quantitative estimate of drug-likeness (QED) is 0.721. The average Bonchev–Trinajstić information content (AvgIpc) is 3.03. The van der Waals surface area contributed by atoms with Crippen molar-refractivity contribution in [3.8, 4) is 17.0 Å². The first-order chi connectivity index (χ1) is 10.2. The highest BCUT2D eigenvalue weighted by Crippen LogP contribution is 2.21. The van der Waals surface area contributed by atoms with Crippen LogP contribution in [-0.4, -0.2) is 5.16 Å². The molecule has 106 valence electrons. The van der Waals surface area contributed by atoms with Crippen LogP contribution in [-0.2, 0) is 6.61 Å². The van der Waals surface area contributed by atoms with Gasteiger partial charge in [-0.1, -0.05) is 5.16 Å². The number of hydrogen-bond donors (Lipinski definition) is 0. The summed E-state index contributed by atoms with van der Waals surface area (Å²) >= 11 is 0. The second kappa shape index (κ2) is 5.75. The summed E-state index contributed by atoms with van der Waals surface area (Å²) in [5.41, 5.74) is 1.78. The van der Waals surface area contributed by atoms with Crippen molar-refractivity contribution >= 4 is 0 Å². The lowest BCUT2D eigenvalue weighted by molar-refractivity contribution is 0.299. The Morgan fingerprint density at radius 1 is 1.00 bits per heavy atom. The van der Waals surface area contributed by atoms with Gasteiger partial charge in [0.1, 0.15) is 35.9 Å². The van der Waals surface area contributed by atoms with Crippen LogP contribution in [0.3, 0.4) is 0 Å². The van der Waals surface area contributed by atoms with Crippen LogP contribution in [0.1, 0.15) is 5.56 Å².